The summed E-state index contributed by atoms with van der Waals surface area (Å²) < 4.78 is 1.54. The minimum absolute atomic E-state index is 0. The first kappa shape index (κ1) is 37.0. The Hall–Kier alpha value is -1.06. The molecule has 0 bridgehead atoms. The van der Waals surface area contributed by atoms with Crippen molar-refractivity contribution in [2.45, 2.75) is 79.6 Å². The Morgan fingerprint density at radius 1 is 0.550 bits per heavy atom. The third-order valence-corrected chi connectivity index (χ3v) is 13.6. The van der Waals surface area contributed by atoms with Gasteiger partial charge in [0.15, 0.2) is 0 Å². The average Bonchev–Trinajstić information content (AvgIpc) is 3.27. The van der Waals surface area contributed by atoms with Gasteiger partial charge in [0.1, 0.15) is 0 Å². The number of rotatable bonds is 8. The fraction of sp³-hybridized carbons (Fsp3) is 0.371. The molecule has 0 fully saturated rings. The largest absolute Gasteiger partial charge is 0.147 e. The molecule has 1 aliphatic rings. The molecule has 0 saturated heterocycles. The van der Waals surface area contributed by atoms with Crippen LogP contribution >= 0.6 is 37.2 Å². The van der Waals surface area contributed by atoms with Crippen molar-refractivity contribution in [3.8, 4) is 0 Å². The van der Waals surface area contributed by atoms with Crippen LogP contribution in [0.4, 0.5) is 0 Å². The third-order valence-electron chi connectivity index (χ3n) is 8.07. The molecule has 3 aromatic rings. The maximum Gasteiger partial charge on any atom is -0.147 e. The number of halogens is 3. The smallest absolute Gasteiger partial charge is 0.147 e. The van der Waals surface area contributed by atoms with Crippen molar-refractivity contribution in [1.82, 2.24) is 0 Å². The minimum atomic E-state index is -2.59. The molecule has 40 heavy (non-hydrogen) atoms. The van der Waals surface area contributed by atoms with Crippen LogP contribution in [-0.2, 0) is 20.4 Å². The summed E-state index contributed by atoms with van der Waals surface area (Å²) >= 11 is 2.36. The molecule has 0 amide bonds. The van der Waals surface area contributed by atoms with Crippen LogP contribution in [0, 0.1) is 5.92 Å². The molecule has 1 aliphatic carbocycles. The van der Waals surface area contributed by atoms with Crippen molar-refractivity contribution in [2.75, 3.05) is 0 Å². The van der Waals surface area contributed by atoms with E-state index in [9.17, 15) is 0 Å². The van der Waals surface area contributed by atoms with Gasteiger partial charge in [-0.3, -0.25) is 0 Å². The number of hydrogen-bond donors (Lipinski definition) is 0. The summed E-state index contributed by atoms with van der Waals surface area (Å²) in [6.45, 7) is 18.7. The Bertz CT molecular complexity index is 1210. The fourth-order valence-electron chi connectivity index (χ4n) is 5.96. The minimum Gasteiger partial charge on any atom is -0.147 e. The van der Waals surface area contributed by atoms with Gasteiger partial charge in [-0.25, -0.2) is 0 Å². The maximum atomic E-state index is 2.60. The van der Waals surface area contributed by atoms with Crippen LogP contribution in [0.25, 0.3) is 0 Å². The molecule has 0 nitrogen and oxygen atoms in total. The average molecular weight is 649 g/mol. The standard InChI is InChI=1S/C35H43Si.3ClH.Ti/c1-24(2)28-13-9-16-31(21-28)36(35-20-12-19-34(35)27(7)8,32-17-10-14-29(22-32)25(3)4)33-18-11-15-30(23-33)26(5)6;;;;/h9-11,13-18,20-27H,12H2,1-8H3;3*1H;. The first-order valence-corrected chi connectivity index (χ1v) is 16.8. The second-order valence-electron chi connectivity index (χ2n) is 12.0. The molecule has 0 saturated carbocycles. The van der Waals surface area contributed by atoms with Crippen molar-refractivity contribution in [3.05, 3.63) is 110 Å². The third kappa shape index (κ3) is 7.11. The monoisotopic (exact) mass is 647 g/mol. The van der Waals surface area contributed by atoms with Crippen molar-refractivity contribution >= 4 is 60.9 Å². The van der Waals surface area contributed by atoms with Gasteiger partial charge in [0.25, 0.3) is 0 Å². The van der Waals surface area contributed by atoms with Crippen molar-refractivity contribution < 1.29 is 20.4 Å². The Kier molecular flexibility index (Phi) is 14.3. The second-order valence-corrected chi connectivity index (χ2v) is 16.7. The molecular formula is C35H46Cl3SiTi. The van der Waals surface area contributed by atoms with Gasteiger partial charge in [0, 0.05) is 0 Å². The van der Waals surface area contributed by atoms with E-state index in [1.165, 1.54) is 32.3 Å². The van der Waals surface area contributed by atoms with E-state index in [-0.39, 0.29) is 37.2 Å². The number of benzene rings is 3. The maximum absolute atomic E-state index is 2.60. The number of hydrogen-bond acceptors (Lipinski definition) is 0. The van der Waals surface area contributed by atoms with Crippen LogP contribution < -0.4 is 15.6 Å². The van der Waals surface area contributed by atoms with Crippen LogP contribution in [0.2, 0.25) is 0 Å². The van der Waals surface area contributed by atoms with Gasteiger partial charge in [0.2, 0.25) is 0 Å². The molecule has 0 heterocycles. The SMILES string of the molecule is CC(C)C1=[C]([Ti])CC=C1[Si](c1cccc(C(C)C)c1)(c1cccc(C(C)C)c1)c1cccc(C(C)C)c1.Cl.Cl.Cl. The summed E-state index contributed by atoms with van der Waals surface area (Å²) in [6.07, 6.45) is 3.66. The summed E-state index contributed by atoms with van der Waals surface area (Å²) in [7, 11) is -2.59. The Morgan fingerprint density at radius 3 is 1.20 bits per heavy atom. The molecule has 0 spiro atoms. The summed E-state index contributed by atoms with van der Waals surface area (Å²) in [5, 5.41) is 6.15. The molecule has 0 unspecified atom stereocenters. The van der Waals surface area contributed by atoms with Gasteiger partial charge in [-0.05, 0) is 0 Å². The predicted octanol–water partition coefficient (Wildman–Crippen LogP) is 9.12. The van der Waals surface area contributed by atoms with Gasteiger partial charge >= 0.3 is 240 Å². The molecule has 0 radical (unpaired) electrons. The van der Waals surface area contributed by atoms with Crippen LogP contribution in [-0.4, -0.2) is 8.07 Å². The predicted molar refractivity (Wildman–Crippen MR) is 183 cm³/mol. The summed E-state index contributed by atoms with van der Waals surface area (Å²) in [5.74, 6) is 1.98. The van der Waals surface area contributed by atoms with Gasteiger partial charge in [-0.15, -0.1) is 37.2 Å². The van der Waals surface area contributed by atoms with E-state index in [4.69, 9.17) is 0 Å². The van der Waals surface area contributed by atoms with E-state index < -0.39 is 8.07 Å². The molecule has 0 aromatic heterocycles. The van der Waals surface area contributed by atoms with E-state index >= 15 is 0 Å². The fourth-order valence-corrected chi connectivity index (χ4v) is 12.3. The summed E-state index contributed by atoms with van der Waals surface area (Å²) in [6, 6.07) is 28.8. The zero-order valence-electron chi connectivity index (χ0n) is 25.2. The Morgan fingerprint density at radius 2 is 0.900 bits per heavy atom. The van der Waals surface area contributed by atoms with Crippen LogP contribution in [0.3, 0.4) is 0 Å². The number of allylic oxidation sites excluding steroid dienone is 4. The van der Waals surface area contributed by atoms with Crippen LogP contribution in [0.1, 0.15) is 96.3 Å². The van der Waals surface area contributed by atoms with E-state index in [2.05, 4.69) is 155 Å². The zero-order chi connectivity index (χ0) is 26.9. The van der Waals surface area contributed by atoms with Crippen LogP contribution in [0.15, 0.2) is 93.5 Å². The molecule has 3 aromatic carbocycles. The molecule has 0 aliphatic heterocycles. The van der Waals surface area contributed by atoms with Crippen molar-refractivity contribution in [2.24, 2.45) is 5.92 Å². The van der Waals surface area contributed by atoms with Crippen molar-refractivity contribution in [1.29, 1.82) is 0 Å². The van der Waals surface area contributed by atoms with Gasteiger partial charge < -0.3 is 0 Å². The summed E-state index contributed by atoms with van der Waals surface area (Å²) in [4.78, 5) is 0. The Balaban J connectivity index is 0.00000267. The molecule has 0 N–H and O–H groups in total. The van der Waals surface area contributed by atoms with E-state index in [0.717, 1.165) is 6.42 Å². The van der Waals surface area contributed by atoms with Gasteiger partial charge in [0.05, 0.1) is 0 Å². The summed E-state index contributed by atoms with van der Waals surface area (Å²) in [5.41, 5.74) is 5.88. The normalized spacial score (nSPS) is 13.3. The first-order chi connectivity index (χ1) is 17.6. The first-order valence-electron chi connectivity index (χ1n) is 14.0. The van der Waals surface area contributed by atoms with E-state index in [1.54, 1.807) is 14.6 Å². The Labute approximate surface area is 275 Å². The zero-order valence-corrected chi connectivity index (χ0v) is 30.3. The molecule has 5 heteroatoms. The van der Waals surface area contributed by atoms with E-state index in [1.807, 2.05) is 0 Å². The second kappa shape index (κ2) is 15.4. The van der Waals surface area contributed by atoms with E-state index in [0.29, 0.717) is 23.7 Å². The van der Waals surface area contributed by atoms with Crippen molar-refractivity contribution in [3.63, 3.8) is 0 Å². The van der Waals surface area contributed by atoms with Crippen LogP contribution in [0.5, 0.6) is 0 Å². The van der Waals surface area contributed by atoms with Gasteiger partial charge in [-0.2, -0.15) is 0 Å². The molecule has 215 valence electrons. The topological polar surface area (TPSA) is 0 Å². The molecule has 4 rings (SSSR count). The molecular weight excluding hydrogens is 603 g/mol. The van der Waals surface area contributed by atoms with Gasteiger partial charge in [-0.1, -0.05) is 0 Å². The quantitative estimate of drug-likeness (QED) is 0.169. The molecule has 0 atom stereocenters.